The molecule has 0 aliphatic heterocycles. The van der Waals surface area contributed by atoms with Crippen LogP contribution in [0.15, 0.2) is 11.1 Å². The number of imidazole rings is 1. The Morgan fingerprint density at radius 2 is 1.92 bits per heavy atom. The molecule has 6 N–H and O–H groups in total. The van der Waals surface area contributed by atoms with E-state index in [2.05, 4.69) is 15.0 Å². The van der Waals surface area contributed by atoms with Crippen LogP contribution in [0.4, 0.5) is 5.95 Å². The number of aliphatic carboxylic acids is 2. The number of nitrogens with zero attached hydrogens (tertiary/aromatic N) is 3. The van der Waals surface area contributed by atoms with Crippen molar-refractivity contribution < 1.29 is 29.6 Å². The molecule has 2 heterocycles. The lowest BCUT2D eigenvalue weighted by atomic mass is 10.2. The molecule has 25 heavy (non-hydrogen) atoms. The summed E-state index contributed by atoms with van der Waals surface area (Å²) >= 11 is 0. The second-order valence-electron chi connectivity index (χ2n) is 4.74. The fourth-order valence-corrected chi connectivity index (χ4v) is 1.68. The number of carboxylic acid groups (broad SMARTS) is 2. The maximum atomic E-state index is 11.4. The van der Waals surface area contributed by atoms with Crippen molar-refractivity contribution >= 4 is 29.1 Å². The minimum absolute atomic E-state index is 0.0291. The molecule has 0 radical (unpaired) electrons. The molecular weight excluding hydrogens is 338 g/mol. The van der Waals surface area contributed by atoms with E-state index in [9.17, 15) is 14.4 Å². The van der Waals surface area contributed by atoms with Crippen LogP contribution in [0, 0.1) is 0 Å². The van der Waals surface area contributed by atoms with Crippen molar-refractivity contribution in [2.45, 2.75) is 26.0 Å². The van der Waals surface area contributed by atoms with Gasteiger partial charge in [-0.05, 0) is 6.42 Å². The zero-order chi connectivity index (χ0) is 18.8. The third-order valence-electron chi connectivity index (χ3n) is 2.74. The number of nitrogens with two attached hydrogens (primary N) is 1. The fraction of sp³-hybridized carbons (Fsp3) is 0.462. The molecule has 138 valence electrons. The van der Waals surface area contributed by atoms with Gasteiger partial charge in [0, 0.05) is 12.8 Å². The van der Waals surface area contributed by atoms with E-state index in [0.717, 1.165) is 0 Å². The van der Waals surface area contributed by atoms with Crippen LogP contribution in [0.1, 0.15) is 19.3 Å². The van der Waals surface area contributed by atoms with Crippen LogP contribution in [-0.2, 0) is 21.1 Å². The van der Waals surface area contributed by atoms with Gasteiger partial charge in [0.2, 0.25) is 5.95 Å². The molecule has 0 fully saturated rings. The van der Waals surface area contributed by atoms with Gasteiger partial charge in [-0.2, -0.15) is 4.98 Å². The third kappa shape index (κ3) is 6.97. The predicted molar refractivity (Wildman–Crippen MR) is 84.7 cm³/mol. The van der Waals surface area contributed by atoms with Crippen LogP contribution in [0.25, 0.3) is 11.2 Å². The quantitative estimate of drug-likeness (QED) is 0.365. The molecule has 0 bridgehead atoms. The lowest BCUT2D eigenvalue weighted by Gasteiger charge is -2.03. The Labute approximate surface area is 140 Å². The van der Waals surface area contributed by atoms with E-state index in [4.69, 9.17) is 25.8 Å². The molecule has 0 unspecified atom stereocenters. The van der Waals surface area contributed by atoms with Gasteiger partial charge in [-0.1, -0.05) is 0 Å². The Morgan fingerprint density at radius 3 is 2.48 bits per heavy atom. The standard InChI is InChI=1S/C8H11N5O3.C5H8O4/c9-8-11-6-5(7(15)12-8)10-3-13(6)4-16-2-1-14;6-4(7)2-1-3-5(8)9/h3,14H,1-2,4H2,(H3,9,11,12,15);1-3H2,(H,6,7)(H,8,9). The number of rotatable bonds is 8. The first-order valence-corrected chi connectivity index (χ1v) is 7.18. The molecule has 0 aliphatic rings. The van der Waals surface area contributed by atoms with Gasteiger partial charge in [0.05, 0.1) is 19.5 Å². The molecule has 0 aromatic carbocycles. The summed E-state index contributed by atoms with van der Waals surface area (Å²) in [6.45, 7) is 0.300. The number of H-pyrrole nitrogens is 1. The van der Waals surface area contributed by atoms with Crippen molar-refractivity contribution in [1.29, 1.82) is 0 Å². The van der Waals surface area contributed by atoms with E-state index >= 15 is 0 Å². The number of hydrogen-bond donors (Lipinski definition) is 5. The number of fused-ring (bicyclic) bond motifs is 1. The van der Waals surface area contributed by atoms with Crippen molar-refractivity contribution in [2.24, 2.45) is 0 Å². The monoisotopic (exact) mass is 357 g/mol. The van der Waals surface area contributed by atoms with Gasteiger partial charge in [0.25, 0.3) is 5.56 Å². The zero-order valence-corrected chi connectivity index (χ0v) is 13.2. The van der Waals surface area contributed by atoms with Crippen LogP contribution in [0.2, 0.25) is 0 Å². The number of aromatic amines is 1. The van der Waals surface area contributed by atoms with E-state index < -0.39 is 11.9 Å². The summed E-state index contributed by atoms with van der Waals surface area (Å²) in [5, 5.41) is 24.6. The minimum atomic E-state index is -0.948. The minimum Gasteiger partial charge on any atom is -0.481 e. The Hall–Kier alpha value is -2.99. The first-order chi connectivity index (χ1) is 11.8. The lowest BCUT2D eigenvalue weighted by molar-refractivity contribution is -0.138. The average Bonchev–Trinajstić information content (AvgIpc) is 2.91. The highest BCUT2D eigenvalue weighted by atomic mass is 16.5. The number of ether oxygens (including phenoxy) is 1. The number of nitrogen functional groups attached to an aromatic ring is 1. The first-order valence-electron chi connectivity index (χ1n) is 7.18. The highest BCUT2D eigenvalue weighted by Crippen LogP contribution is 2.06. The van der Waals surface area contributed by atoms with E-state index in [0.29, 0.717) is 5.65 Å². The number of aliphatic hydroxyl groups is 1. The van der Waals surface area contributed by atoms with Gasteiger partial charge in [-0.3, -0.25) is 23.9 Å². The smallest absolute Gasteiger partial charge is 0.303 e. The van der Waals surface area contributed by atoms with Gasteiger partial charge in [-0.15, -0.1) is 0 Å². The van der Waals surface area contributed by atoms with Crippen LogP contribution in [-0.4, -0.2) is 60.0 Å². The molecule has 12 nitrogen and oxygen atoms in total. The molecular formula is C13H19N5O7. The van der Waals surface area contributed by atoms with E-state index in [-0.39, 0.29) is 56.2 Å². The van der Waals surface area contributed by atoms with E-state index in [1.165, 1.54) is 10.9 Å². The molecule has 0 saturated heterocycles. The topological polar surface area (TPSA) is 194 Å². The second kappa shape index (κ2) is 10.00. The van der Waals surface area contributed by atoms with Crippen molar-refractivity contribution in [2.75, 3.05) is 18.9 Å². The van der Waals surface area contributed by atoms with Crippen molar-refractivity contribution in [3.8, 4) is 0 Å². The molecule has 0 aliphatic carbocycles. The van der Waals surface area contributed by atoms with Crippen LogP contribution >= 0.6 is 0 Å². The normalized spacial score (nSPS) is 10.3. The summed E-state index contributed by atoms with van der Waals surface area (Å²) in [7, 11) is 0. The SMILES string of the molecule is Nc1nc2c(ncn2COCCO)c(=O)[nH]1.O=C(O)CCCC(=O)O. The Balaban J connectivity index is 0.000000299. The zero-order valence-electron chi connectivity index (χ0n) is 13.2. The van der Waals surface area contributed by atoms with Gasteiger partial charge >= 0.3 is 11.9 Å². The summed E-state index contributed by atoms with van der Waals surface area (Å²) < 4.78 is 6.63. The number of nitrogens with one attached hydrogen (secondary N) is 1. The Bertz CT molecular complexity index is 756. The van der Waals surface area contributed by atoms with Crippen LogP contribution in [0.3, 0.4) is 0 Å². The maximum Gasteiger partial charge on any atom is 0.303 e. The second-order valence-corrected chi connectivity index (χ2v) is 4.74. The molecule has 12 heteroatoms. The van der Waals surface area contributed by atoms with E-state index in [1.807, 2.05) is 0 Å². The molecule has 2 aromatic rings. The average molecular weight is 357 g/mol. The summed E-state index contributed by atoms with van der Waals surface area (Å²) in [6.07, 6.45) is 1.52. The van der Waals surface area contributed by atoms with Gasteiger partial charge < -0.3 is 25.8 Å². The summed E-state index contributed by atoms with van der Waals surface area (Å²) in [4.78, 5) is 41.2. The van der Waals surface area contributed by atoms with Crippen LogP contribution in [0.5, 0.6) is 0 Å². The Kier molecular flexibility index (Phi) is 8.02. The number of aromatic nitrogens is 4. The molecule has 0 spiro atoms. The highest BCUT2D eigenvalue weighted by Gasteiger charge is 2.08. The third-order valence-corrected chi connectivity index (χ3v) is 2.74. The number of carbonyl (C=O) groups is 2. The molecule has 0 saturated carbocycles. The predicted octanol–water partition coefficient (Wildman–Crippen LogP) is -1.01. The first kappa shape index (κ1) is 20.1. The van der Waals surface area contributed by atoms with E-state index in [1.54, 1.807) is 0 Å². The lowest BCUT2D eigenvalue weighted by Crippen LogP contribution is -2.13. The molecule has 0 amide bonds. The van der Waals surface area contributed by atoms with Gasteiger partial charge in [0.15, 0.2) is 11.2 Å². The summed E-state index contributed by atoms with van der Waals surface area (Å²) in [5.74, 6) is -1.87. The Morgan fingerprint density at radius 1 is 1.28 bits per heavy atom. The molecule has 2 aromatic heterocycles. The number of aliphatic hydroxyl groups excluding tert-OH is 1. The summed E-state index contributed by atoms with van der Waals surface area (Å²) in [5.41, 5.74) is 5.60. The molecule has 0 atom stereocenters. The van der Waals surface area contributed by atoms with Gasteiger partial charge in [0.1, 0.15) is 6.73 Å². The highest BCUT2D eigenvalue weighted by molar-refractivity contribution is 5.70. The van der Waals surface area contributed by atoms with Crippen molar-refractivity contribution in [3.63, 3.8) is 0 Å². The van der Waals surface area contributed by atoms with Crippen LogP contribution < -0.4 is 11.3 Å². The number of hydrogen-bond acceptors (Lipinski definition) is 8. The number of anilines is 1. The number of carboxylic acids is 2. The fourth-order valence-electron chi connectivity index (χ4n) is 1.68. The summed E-state index contributed by atoms with van der Waals surface area (Å²) in [6, 6.07) is 0. The largest absolute Gasteiger partial charge is 0.481 e. The van der Waals surface area contributed by atoms with Crippen molar-refractivity contribution in [3.05, 3.63) is 16.7 Å². The van der Waals surface area contributed by atoms with Gasteiger partial charge in [-0.25, -0.2) is 4.98 Å². The molecule has 2 rings (SSSR count). The maximum absolute atomic E-state index is 11.4. The van der Waals surface area contributed by atoms with Crippen molar-refractivity contribution in [1.82, 2.24) is 19.5 Å².